The molecule has 1 amide bonds. The first kappa shape index (κ1) is 16.0. The third-order valence-electron chi connectivity index (χ3n) is 3.00. The van der Waals surface area contributed by atoms with E-state index in [0.717, 1.165) is 11.1 Å². The number of nitrogens with two attached hydrogens (primary N) is 1. The lowest BCUT2D eigenvalue weighted by molar-refractivity contribution is -0.118. The quantitative estimate of drug-likeness (QED) is 0.833. The second-order valence-electron chi connectivity index (χ2n) is 5.11. The molecule has 0 aliphatic carbocycles. The Balaban J connectivity index is 1.95. The minimum atomic E-state index is -0.237. The van der Waals surface area contributed by atoms with Crippen molar-refractivity contribution in [1.82, 2.24) is 0 Å². The molecule has 0 spiro atoms. The Hall–Kier alpha value is -2.40. The molecule has 0 saturated carbocycles. The van der Waals surface area contributed by atoms with Crippen molar-refractivity contribution in [3.8, 4) is 5.75 Å². The molecule has 0 aromatic heterocycles. The van der Waals surface area contributed by atoms with E-state index in [4.69, 9.17) is 22.7 Å². The molecule has 2 aromatic carbocycles. The van der Waals surface area contributed by atoms with Crippen LogP contribution in [0.15, 0.2) is 42.5 Å². The van der Waals surface area contributed by atoms with Gasteiger partial charge >= 0.3 is 0 Å². The molecule has 3 N–H and O–H groups in total. The minimum Gasteiger partial charge on any atom is -0.484 e. The van der Waals surface area contributed by atoms with Gasteiger partial charge in [-0.25, -0.2) is 0 Å². The topological polar surface area (TPSA) is 64.3 Å². The van der Waals surface area contributed by atoms with Gasteiger partial charge in [-0.2, -0.15) is 0 Å². The van der Waals surface area contributed by atoms with Gasteiger partial charge in [0.25, 0.3) is 5.91 Å². The zero-order valence-corrected chi connectivity index (χ0v) is 13.4. The number of rotatable bonds is 5. The SMILES string of the molecule is Cc1cc(C)cc(OCC(=O)Nc2cccc(C(N)=S)c2)c1. The summed E-state index contributed by atoms with van der Waals surface area (Å²) in [5, 5.41) is 2.76. The van der Waals surface area contributed by atoms with Gasteiger partial charge < -0.3 is 15.8 Å². The molecule has 5 heteroatoms. The van der Waals surface area contributed by atoms with Gasteiger partial charge in [0.05, 0.1) is 0 Å². The lowest BCUT2D eigenvalue weighted by atomic mass is 10.1. The third kappa shape index (κ3) is 4.56. The van der Waals surface area contributed by atoms with Crippen LogP contribution >= 0.6 is 12.2 Å². The molecule has 114 valence electrons. The molecule has 0 aliphatic heterocycles. The van der Waals surface area contributed by atoms with Crippen LogP contribution in [0.25, 0.3) is 0 Å². The first-order chi connectivity index (χ1) is 10.4. The monoisotopic (exact) mass is 314 g/mol. The molecule has 0 atom stereocenters. The number of carbonyl (C=O) groups is 1. The van der Waals surface area contributed by atoms with Crippen LogP contribution in [0.4, 0.5) is 5.69 Å². The molecule has 0 fully saturated rings. The van der Waals surface area contributed by atoms with Gasteiger partial charge in [-0.05, 0) is 49.2 Å². The van der Waals surface area contributed by atoms with E-state index in [1.807, 2.05) is 32.0 Å². The summed E-state index contributed by atoms with van der Waals surface area (Å²) in [6, 6.07) is 12.9. The fraction of sp³-hybridized carbons (Fsp3) is 0.176. The maximum absolute atomic E-state index is 11.9. The standard InChI is InChI=1S/C17H18N2O2S/c1-11-6-12(2)8-15(7-11)21-10-16(20)19-14-5-3-4-13(9-14)17(18)22/h3-9H,10H2,1-2H3,(H2,18,22)(H,19,20). The highest BCUT2D eigenvalue weighted by atomic mass is 32.1. The highest BCUT2D eigenvalue weighted by Crippen LogP contribution is 2.16. The van der Waals surface area contributed by atoms with E-state index in [1.165, 1.54) is 0 Å². The summed E-state index contributed by atoms with van der Waals surface area (Å²) in [7, 11) is 0. The molecular weight excluding hydrogens is 296 g/mol. The largest absolute Gasteiger partial charge is 0.484 e. The number of carbonyl (C=O) groups excluding carboxylic acids is 1. The van der Waals surface area contributed by atoms with Crippen molar-refractivity contribution >= 4 is 28.8 Å². The van der Waals surface area contributed by atoms with Gasteiger partial charge in [-0.15, -0.1) is 0 Å². The summed E-state index contributed by atoms with van der Waals surface area (Å²) in [5.74, 6) is 0.448. The van der Waals surface area contributed by atoms with Crippen LogP contribution in [-0.2, 0) is 4.79 Å². The molecule has 0 unspecified atom stereocenters. The van der Waals surface area contributed by atoms with E-state index in [2.05, 4.69) is 5.32 Å². The number of nitrogens with one attached hydrogen (secondary N) is 1. The molecule has 4 nitrogen and oxygen atoms in total. The van der Waals surface area contributed by atoms with E-state index in [9.17, 15) is 4.79 Å². The Morgan fingerprint density at radius 3 is 2.50 bits per heavy atom. The van der Waals surface area contributed by atoms with Gasteiger partial charge in [0.2, 0.25) is 0 Å². The van der Waals surface area contributed by atoms with Crippen LogP contribution < -0.4 is 15.8 Å². The van der Waals surface area contributed by atoms with Crippen molar-refractivity contribution in [2.24, 2.45) is 5.73 Å². The molecular formula is C17H18N2O2S. The second-order valence-corrected chi connectivity index (χ2v) is 5.55. The molecule has 22 heavy (non-hydrogen) atoms. The molecule has 2 rings (SSSR count). The van der Waals surface area contributed by atoms with Crippen molar-refractivity contribution < 1.29 is 9.53 Å². The number of benzene rings is 2. The Labute approximate surface area is 135 Å². The van der Waals surface area contributed by atoms with Crippen LogP contribution in [0.1, 0.15) is 16.7 Å². The molecule has 0 aliphatic rings. The predicted molar refractivity (Wildman–Crippen MR) is 92.4 cm³/mol. The van der Waals surface area contributed by atoms with Crippen molar-refractivity contribution in [2.75, 3.05) is 11.9 Å². The molecule has 2 aromatic rings. The fourth-order valence-corrected chi connectivity index (χ4v) is 2.24. The first-order valence-electron chi connectivity index (χ1n) is 6.85. The normalized spacial score (nSPS) is 10.1. The number of amides is 1. The Morgan fingerprint density at radius 1 is 1.18 bits per heavy atom. The van der Waals surface area contributed by atoms with Crippen molar-refractivity contribution in [3.05, 3.63) is 59.2 Å². The summed E-state index contributed by atoms with van der Waals surface area (Å²) in [5.41, 5.74) is 9.11. The summed E-state index contributed by atoms with van der Waals surface area (Å²) in [4.78, 5) is 12.2. The molecule has 0 heterocycles. The lowest BCUT2D eigenvalue weighted by Crippen LogP contribution is -2.20. The third-order valence-corrected chi connectivity index (χ3v) is 3.23. The van der Waals surface area contributed by atoms with Crippen molar-refractivity contribution in [2.45, 2.75) is 13.8 Å². The van der Waals surface area contributed by atoms with Crippen LogP contribution in [-0.4, -0.2) is 17.5 Å². The number of hydrogen-bond donors (Lipinski definition) is 2. The number of thiocarbonyl (C=S) groups is 1. The fourth-order valence-electron chi connectivity index (χ4n) is 2.11. The Bertz CT molecular complexity index is 693. The van der Waals surface area contributed by atoms with Crippen LogP contribution in [0, 0.1) is 13.8 Å². The minimum absolute atomic E-state index is 0.0554. The number of aryl methyl sites for hydroxylation is 2. The Kier molecular flexibility index (Phi) is 5.12. The highest BCUT2D eigenvalue weighted by molar-refractivity contribution is 7.80. The van der Waals surface area contributed by atoms with Gasteiger partial charge in [0.1, 0.15) is 10.7 Å². The zero-order valence-electron chi connectivity index (χ0n) is 12.6. The predicted octanol–water partition coefficient (Wildman–Crippen LogP) is 2.96. The maximum Gasteiger partial charge on any atom is 0.262 e. The molecule has 0 saturated heterocycles. The highest BCUT2D eigenvalue weighted by Gasteiger charge is 2.06. The van der Waals surface area contributed by atoms with Crippen LogP contribution in [0.5, 0.6) is 5.75 Å². The van der Waals surface area contributed by atoms with Gasteiger partial charge in [0, 0.05) is 11.3 Å². The maximum atomic E-state index is 11.9. The van der Waals surface area contributed by atoms with E-state index in [1.54, 1.807) is 24.3 Å². The summed E-state index contributed by atoms with van der Waals surface area (Å²) >= 11 is 4.92. The molecule has 0 bridgehead atoms. The number of anilines is 1. The van der Waals surface area contributed by atoms with E-state index in [0.29, 0.717) is 22.0 Å². The zero-order chi connectivity index (χ0) is 16.1. The summed E-state index contributed by atoms with van der Waals surface area (Å²) in [6.07, 6.45) is 0. The average Bonchev–Trinajstić information content (AvgIpc) is 2.44. The summed E-state index contributed by atoms with van der Waals surface area (Å²) < 4.78 is 5.52. The van der Waals surface area contributed by atoms with E-state index < -0.39 is 0 Å². The Morgan fingerprint density at radius 2 is 1.86 bits per heavy atom. The number of hydrogen-bond acceptors (Lipinski definition) is 3. The van der Waals surface area contributed by atoms with Crippen LogP contribution in [0.2, 0.25) is 0 Å². The second kappa shape index (κ2) is 7.04. The van der Waals surface area contributed by atoms with Gasteiger partial charge in [-0.3, -0.25) is 4.79 Å². The lowest BCUT2D eigenvalue weighted by Gasteiger charge is -2.09. The van der Waals surface area contributed by atoms with Crippen molar-refractivity contribution in [3.63, 3.8) is 0 Å². The molecule has 0 radical (unpaired) electrons. The van der Waals surface area contributed by atoms with E-state index >= 15 is 0 Å². The smallest absolute Gasteiger partial charge is 0.262 e. The van der Waals surface area contributed by atoms with Gasteiger partial charge in [0.15, 0.2) is 6.61 Å². The van der Waals surface area contributed by atoms with Crippen LogP contribution in [0.3, 0.4) is 0 Å². The van der Waals surface area contributed by atoms with Crippen molar-refractivity contribution in [1.29, 1.82) is 0 Å². The van der Waals surface area contributed by atoms with Gasteiger partial charge in [-0.1, -0.05) is 30.4 Å². The summed E-state index contributed by atoms with van der Waals surface area (Å²) in [6.45, 7) is 3.92. The first-order valence-corrected chi connectivity index (χ1v) is 7.25. The number of ether oxygens (including phenoxy) is 1. The average molecular weight is 314 g/mol. The van der Waals surface area contributed by atoms with E-state index in [-0.39, 0.29) is 12.5 Å².